The summed E-state index contributed by atoms with van der Waals surface area (Å²) in [6.45, 7) is 12.5. The van der Waals surface area contributed by atoms with E-state index in [1.165, 1.54) is 19.2 Å². The normalized spacial score (nSPS) is 32.5. The maximum absolute atomic E-state index is 13.7. The van der Waals surface area contributed by atoms with Gasteiger partial charge in [-0.3, -0.25) is 0 Å². The van der Waals surface area contributed by atoms with E-state index in [2.05, 4.69) is 20.8 Å². The fourth-order valence-corrected chi connectivity index (χ4v) is 5.94. The number of benzene rings is 1. The minimum atomic E-state index is -1.14. The van der Waals surface area contributed by atoms with Crippen LogP contribution in [0.2, 0.25) is 0 Å². The molecule has 176 valence electrons. The van der Waals surface area contributed by atoms with Crippen LogP contribution >= 0.6 is 11.6 Å². The molecule has 0 spiro atoms. The van der Waals surface area contributed by atoms with Crippen molar-refractivity contribution >= 4 is 24.7 Å². The molecule has 0 N–H and O–H groups in total. The van der Waals surface area contributed by atoms with Crippen LogP contribution in [0.3, 0.4) is 0 Å². The Morgan fingerprint density at radius 1 is 1.28 bits per heavy atom. The maximum atomic E-state index is 13.7. The lowest BCUT2D eigenvalue weighted by Crippen LogP contribution is -2.65. The first-order valence-corrected chi connectivity index (χ1v) is 11.6. The summed E-state index contributed by atoms with van der Waals surface area (Å²) < 4.78 is 36.4. The van der Waals surface area contributed by atoms with E-state index in [0.29, 0.717) is 11.8 Å². The molecule has 8 heteroatoms. The molecule has 4 fully saturated rings. The number of alkyl halides is 1. The minimum absolute atomic E-state index is 0.0110. The molecule has 5 rings (SSSR count). The third-order valence-corrected chi connectivity index (χ3v) is 9.22. The van der Waals surface area contributed by atoms with Crippen molar-refractivity contribution in [1.82, 2.24) is 0 Å². The fraction of sp³-hybridized carbons (Fsp3) is 0.708. The van der Waals surface area contributed by atoms with Crippen molar-refractivity contribution in [2.75, 3.05) is 13.7 Å². The topological polar surface area (TPSA) is 54.0 Å². The monoisotopic (exact) mass is 466 g/mol. The van der Waals surface area contributed by atoms with Gasteiger partial charge in [-0.1, -0.05) is 34.6 Å². The van der Waals surface area contributed by atoms with Crippen molar-refractivity contribution in [2.45, 2.75) is 70.9 Å². The molecule has 4 aliphatic rings. The van der Waals surface area contributed by atoms with Crippen molar-refractivity contribution in [3.05, 3.63) is 29.6 Å². The van der Waals surface area contributed by atoms with Crippen LogP contribution in [0.1, 0.15) is 64.7 Å². The first-order chi connectivity index (χ1) is 14.7. The van der Waals surface area contributed by atoms with Gasteiger partial charge in [0.1, 0.15) is 28.5 Å². The second-order valence-electron chi connectivity index (χ2n) is 11.3. The highest BCUT2D eigenvalue weighted by Crippen LogP contribution is 2.66. The van der Waals surface area contributed by atoms with E-state index in [9.17, 15) is 9.18 Å². The summed E-state index contributed by atoms with van der Waals surface area (Å²) in [4.78, 5) is 12.8. The molecule has 3 saturated carbocycles. The van der Waals surface area contributed by atoms with Crippen molar-refractivity contribution in [1.29, 1.82) is 0 Å². The zero-order valence-electron chi connectivity index (χ0n) is 20.0. The maximum Gasteiger partial charge on any atom is 0.484 e. The molecule has 1 aromatic carbocycles. The van der Waals surface area contributed by atoms with Crippen LogP contribution < -0.4 is 4.74 Å². The van der Waals surface area contributed by atoms with Gasteiger partial charge in [-0.2, -0.15) is 0 Å². The summed E-state index contributed by atoms with van der Waals surface area (Å²) in [6, 6.07) is 3.72. The molecule has 0 radical (unpaired) electrons. The Kier molecular flexibility index (Phi) is 5.67. The second kappa shape index (κ2) is 7.61. The molecule has 1 aromatic rings. The van der Waals surface area contributed by atoms with E-state index in [-0.39, 0.29) is 29.4 Å². The lowest BCUT2D eigenvalue weighted by Gasteiger charge is -2.64. The van der Waals surface area contributed by atoms with Crippen LogP contribution in [0.15, 0.2) is 18.2 Å². The highest BCUT2D eigenvalue weighted by molar-refractivity contribution is 6.63. The number of carbonyl (C=O) groups is 1. The van der Waals surface area contributed by atoms with Gasteiger partial charge in [-0.15, -0.1) is 11.6 Å². The number of esters is 1. The minimum Gasteiger partial charge on any atom is -0.496 e. The van der Waals surface area contributed by atoms with Gasteiger partial charge in [0.05, 0.1) is 18.8 Å². The van der Waals surface area contributed by atoms with Gasteiger partial charge in [0.25, 0.3) is 0 Å². The molecule has 1 aliphatic heterocycles. The summed E-state index contributed by atoms with van der Waals surface area (Å²) >= 11 is 7.18. The van der Waals surface area contributed by atoms with Gasteiger partial charge in [0.2, 0.25) is 0 Å². The van der Waals surface area contributed by atoms with Gasteiger partial charge in [-0.25, -0.2) is 9.18 Å². The lowest BCUT2D eigenvalue weighted by molar-refractivity contribution is -0.199. The van der Waals surface area contributed by atoms with E-state index >= 15 is 0 Å². The van der Waals surface area contributed by atoms with Gasteiger partial charge < -0.3 is 18.8 Å². The van der Waals surface area contributed by atoms with Crippen molar-refractivity contribution in [2.24, 2.45) is 22.7 Å². The van der Waals surface area contributed by atoms with E-state index < -0.39 is 34.7 Å². The van der Waals surface area contributed by atoms with Crippen LogP contribution in [-0.4, -0.2) is 43.3 Å². The molecule has 3 unspecified atom stereocenters. The van der Waals surface area contributed by atoms with Crippen LogP contribution in [0.25, 0.3) is 0 Å². The third kappa shape index (κ3) is 3.47. The Balaban J connectivity index is 1.56. The largest absolute Gasteiger partial charge is 0.496 e. The number of carbonyl (C=O) groups excluding carboxylic acids is 1. The van der Waals surface area contributed by atoms with Crippen molar-refractivity contribution in [3.63, 3.8) is 0 Å². The fourth-order valence-electron chi connectivity index (χ4n) is 5.79. The highest BCUT2D eigenvalue weighted by atomic mass is 35.5. The summed E-state index contributed by atoms with van der Waals surface area (Å²) in [7, 11) is 0.678. The number of hydrogen-bond acceptors (Lipinski definition) is 5. The smallest absolute Gasteiger partial charge is 0.484 e. The van der Waals surface area contributed by atoms with Crippen LogP contribution in [0, 0.1) is 28.5 Å². The average Bonchev–Trinajstić information content (AvgIpc) is 3.08. The molecule has 5 atom stereocenters. The van der Waals surface area contributed by atoms with Crippen LogP contribution in [0.4, 0.5) is 4.39 Å². The van der Waals surface area contributed by atoms with E-state index in [0.717, 1.165) is 18.9 Å². The predicted octanol–water partition coefficient (Wildman–Crippen LogP) is 5.28. The number of methoxy groups -OCH3 is 1. The molecule has 3 aliphatic carbocycles. The number of hydrogen-bond donors (Lipinski definition) is 0. The Hall–Kier alpha value is -1.31. The molecule has 1 heterocycles. The first kappa shape index (κ1) is 23.8. The van der Waals surface area contributed by atoms with E-state index in [1.807, 2.05) is 20.8 Å². The quantitative estimate of drug-likeness (QED) is 0.336. The standard InChI is InChI=1S/C24H33BClFO5/c1-21(2,3)24(26,13-30-20(28)16-12-15(27)8-9-17(16)29-7)25-31-19-11-14-10-18(22(14,4)5)23(19,6)32-25/h8-9,12,14,18-19H,10-11,13H2,1-7H3/t14?,18?,19?,23-,24+/m0/s1. The Labute approximate surface area is 195 Å². The molecule has 1 saturated heterocycles. The molecular formula is C24H33BClFO5. The highest BCUT2D eigenvalue weighted by Gasteiger charge is 2.71. The summed E-state index contributed by atoms with van der Waals surface area (Å²) in [6.07, 6.45) is 2.03. The van der Waals surface area contributed by atoms with Gasteiger partial charge in [0.15, 0.2) is 0 Å². The first-order valence-electron chi connectivity index (χ1n) is 11.3. The average molecular weight is 467 g/mol. The van der Waals surface area contributed by atoms with Crippen molar-refractivity contribution < 1.29 is 28.0 Å². The van der Waals surface area contributed by atoms with Gasteiger partial charge >= 0.3 is 13.1 Å². The number of rotatable bonds is 5. The molecule has 2 bridgehead atoms. The lowest BCUT2D eigenvalue weighted by atomic mass is 9.43. The Morgan fingerprint density at radius 3 is 2.56 bits per heavy atom. The number of ether oxygens (including phenoxy) is 2. The van der Waals surface area contributed by atoms with Crippen LogP contribution in [0.5, 0.6) is 5.75 Å². The predicted molar refractivity (Wildman–Crippen MR) is 121 cm³/mol. The van der Waals surface area contributed by atoms with Crippen LogP contribution in [-0.2, 0) is 14.0 Å². The summed E-state index contributed by atoms with van der Waals surface area (Å²) in [5, 5.41) is 0. The summed E-state index contributed by atoms with van der Waals surface area (Å²) in [5.74, 6) is -0.0112. The second-order valence-corrected chi connectivity index (χ2v) is 12.0. The molecular weight excluding hydrogens is 434 g/mol. The molecule has 0 aromatic heterocycles. The molecule has 5 nitrogen and oxygen atoms in total. The van der Waals surface area contributed by atoms with E-state index in [4.69, 9.17) is 30.4 Å². The SMILES string of the molecule is COc1ccc(F)cc1C(=O)OC[C@](Cl)(B1OC2CC3CC(C3(C)C)[C@]2(C)O1)C(C)(C)C. The number of halogens is 2. The Morgan fingerprint density at radius 2 is 1.97 bits per heavy atom. The third-order valence-electron chi connectivity index (χ3n) is 8.36. The Bertz CT molecular complexity index is 918. The molecule has 32 heavy (non-hydrogen) atoms. The van der Waals surface area contributed by atoms with Crippen molar-refractivity contribution in [3.8, 4) is 5.75 Å². The summed E-state index contributed by atoms with van der Waals surface area (Å²) in [5.41, 5.74) is -0.727. The van der Waals surface area contributed by atoms with E-state index in [1.54, 1.807) is 0 Å². The molecule has 0 amide bonds. The zero-order chi connectivity index (χ0) is 23.7. The van der Waals surface area contributed by atoms with Gasteiger partial charge in [0, 0.05) is 0 Å². The van der Waals surface area contributed by atoms with Gasteiger partial charge in [-0.05, 0) is 60.6 Å². The zero-order valence-corrected chi connectivity index (χ0v) is 20.7.